The minimum absolute atomic E-state index is 0.306. The number of aromatic nitrogens is 1. The van der Waals surface area contributed by atoms with E-state index in [0.29, 0.717) is 17.8 Å². The molecule has 132 valence electrons. The van der Waals surface area contributed by atoms with Crippen LogP contribution in [0.5, 0.6) is 0 Å². The zero-order valence-corrected chi connectivity index (χ0v) is 14.5. The molecule has 0 aliphatic heterocycles. The average Bonchev–Trinajstić information content (AvgIpc) is 2.70. The van der Waals surface area contributed by atoms with E-state index < -0.39 is 5.91 Å². The predicted octanol–water partition coefficient (Wildman–Crippen LogP) is 4.10. The van der Waals surface area contributed by atoms with Gasteiger partial charge in [-0.05, 0) is 29.7 Å². The van der Waals surface area contributed by atoms with E-state index in [4.69, 9.17) is 0 Å². The molecule has 5 heteroatoms. The molecule has 0 spiro atoms. The summed E-state index contributed by atoms with van der Waals surface area (Å²) in [6, 6.07) is 23.8. The molecule has 3 aromatic rings. The van der Waals surface area contributed by atoms with Crippen LogP contribution in [0.4, 0.5) is 5.82 Å². The zero-order valence-electron chi connectivity index (χ0n) is 14.5. The Hall–Kier alpha value is -3.91. The molecule has 0 saturated carbocycles. The highest BCUT2D eigenvalue weighted by atomic mass is 16.3. The maximum Gasteiger partial charge on any atom is 0.271 e. The molecule has 27 heavy (non-hydrogen) atoms. The number of hydrogen-bond donors (Lipinski definition) is 2. The van der Waals surface area contributed by atoms with Gasteiger partial charge in [-0.25, -0.2) is 4.98 Å². The minimum atomic E-state index is -0.705. The zero-order chi connectivity index (χ0) is 19.1. The fourth-order valence-electron chi connectivity index (χ4n) is 2.68. The molecule has 0 aliphatic rings. The molecule has 1 heterocycles. The molecular formula is C22H17N3O2. The molecule has 0 unspecified atom stereocenters. The second-order valence-corrected chi connectivity index (χ2v) is 5.82. The summed E-state index contributed by atoms with van der Waals surface area (Å²) >= 11 is 0. The van der Waals surface area contributed by atoms with Crippen LogP contribution in [0.3, 0.4) is 0 Å². The first kappa shape index (κ1) is 17.9. The monoisotopic (exact) mass is 355 g/mol. The molecule has 0 atom stereocenters. The van der Waals surface area contributed by atoms with Crippen molar-refractivity contribution in [2.75, 3.05) is 5.32 Å². The molecular weight excluding hydrogens is 338 g/mol. The van der Waals surface area contributed by atoms with Crippen molar-refractivity contribution in [2.24, 2.45) is 0 Å². The van der Waals surface area contributed by atoms with Crippen molar-refractivity contribution in [1.29, 1.82) is 5.26 Å². The predicted molar refractivity (Wildman–Crippen MR) is 104 cm³/mol. The Kier molecular flexibility index (Phi) is 5.60. The molecule has 1 amide bonds. The standard InChI is InChI=1S/C22H17N3O2/c23-15-19(22(27)25-20-12-6-7-13-24-20)21(26)18-11-5-4-10-17(18)14-16-8-2-1-3-9-16/h1-13,26H,14H2,(H,24,25,27). The van der Waals surface area contributed by atoms with E-state index in [-0.39, 0.29) is 11.3 Å². The number of nitrogens with one attached hydrogen (secondary N) is 1. The van der Waals surface area contributed by atoms with Crippen LogP contribution >= 0.6 is 0 Å². The Bertz CT molecular complexity index is 1010. The Labute approximate surface area is 157 Å². The first-order chi connectivity index (χ1) is 13.2. The summed E-state index contributed by atoms with van der Waals surface area (Å²) in [5.41, 5.74) is 1.98. The molecule has 1 aromatic heterocycles. The quantitative estimate of drug-likeness (QED) is 0.410. The lowest BCUT2D eigenvalue weighted by Gasteiger charge is -2.11. The van der Waals surface area contributed by atoms with Gasteiger partial charge in [0, 0.05) is 11.8 Å². The van der Waals surface area contributed by atoms with E-state index >= 15 is 0 Å². The Morgan fingerprint density at radius 3 is 2.41 bits per heavy atom. The van der Waals surface area contributed by atoms with Crippen molar-refractivity contribution in [3.05, 3.63) is 101 Å². The number of aliphatic hydroxyl groups excluding tert-OH is 1. The van der Waals surface area contributed by atoms with Crippen molar-refractivity contribution in [1.82, 2.24) is 4.98 Å². The van der Waals surface area contributed by atoms with E-state index in [1.807, 2.05) is 42.5 Å². The van der Waals surface area contributed by atoms with E-state index in [2.05, 4.69) is 10.3 Å². The van der Waals surface area contributed by atoms with Gasteiger partial charge < -0.3 is 10.4 Å². The smallest absolute Gasteiger partial charge is 0.271 e. The molecule has 0 saturated heterocycles. The molecule has 3 rings (SSSR count). The number of nitrogens with zero attached hydrogens (tertiary/aromatic N) is 2. The number of aliphatic hydroxyl groups is 1. The van der Waals surface area contributed by atoms with Gasteiger partial charge in [-0.15, -0.1) is 0 Å². The summed E-state index contributed by atoms with van der Waals surface area (Å²) in [4.78, 5) is 16.4. The van der Waals surface area contributed by atoms with E-state index in [9.17, 15) is 15.2 Å². The number of anilines is 1. The first-order valence-corrected chi connectivity index (χ1v) is 8.37. The number of carbonyl (C=O) groups is 1. The Balaban J connectivity index is 1.93. The number of pyridine rings is 1. The highest BCUT2D eigenvalue weighted by molar-refractivity contribution is 6.10. The maximum atomic E-state index is 12.4. The lowest BCUT2D eigenvalue weighted by atomic mass is 9.97. The van der Waals surface area contributed by atoms with Crippen LogP contribution in [0, 0.1) is 11.3 Å². The SMILES string of the molecule is N#CC(C(=O)Nc1ccccn1)=C(O)c1ccccc1Cc1ccccc1. The number of benzene rings is 2. The number of nitriles is 1. The van der Waals surface area contributed by atoms with Gasteiger partial charge in [0.05, 0.1) is 0 Å². The van der Waals surface area contributed by atoms with Crippen molar-refractivity contribution in [3.63, 3.8) is 0 Å². The summed E-state index contributed by atoms with van der Waals surface area (Å²) in [7, 11) is 0. The normalized spacial score (nSPS) is 11.2. The van der Waals surface area contributed by atoms with E-state index in [1.54, 1.807) is 36.4 Å². The second kappa shape index (κ2) is 8.45. The van der Waals surface area contributed by atoms with Crippen molar-refractivity contribution in [2.45, 2.75) is 6.42 Å². The summed E-state index contributed by atoms with van der Waals surface area (Å²) in [6.45, 7) is 0. The number of rotatable bonds is 5. The number of carbonyl (C=O) groups excluding carboxylic acids is 1. The molecule has 0 radical (unpaired) electrons. The fourth-order valence-corrected chi connectivity index (χ4v) is 2.68. The van der Waals surface area contributed by atoms with Crippen molar-refractivity contribution >= 4 is 17.5 Å². The molecule has 0 bridgehead atoms. The molecule has 2 aromatic carbocycles. The maximum absolute atomic E-state index is 12.4. The third kappa shape index (κ3) is 4.39. The van der Waals surface area contributed by atoms with Crippen LogP contribution in [-0.2, 0) is 11.2 Å². The van der Waals surface area contributed by atoms with Crippen LogP contribution in [0.25, 0.3) is 5.76 Å². The topological polar surface area (TPSA) is 86.0 Å². The lowest BCUT2D eigenvalue weighted by Crippen LogP contribution is -2.16. The molecule has 2 N–H and O–H groups in total. The highest BCUT2D eigenvalue weighted by Crippen LogP contribution is 2.23. The summed E-state index contributed by atoms with van der Waals surface area (Å²) < 4.78 is 0. The van der Waals surface area contributed by atoms with Crippen molar-refractivity contribution in [3.8, 4) is 6.07 Å². The third-order valence-corrected chi connectivity index (χ3v) is 3.99. The van der Waals surface area contributed by atoms with E-state index in [1.165, 1.54) is 6.20 Å². The van der Waals surface area contributed by atoms with Gasteiger partial charge in [0.1, 0.15) is 17.6 Å². The van der Waals surface area contributed by atoms with E-state index in [0.717, 1.165) is 11.1 Å². The Morgan fingerprint density at radius 2 is 1.70 bits per heavy atom. The van der Waals surface area contributed by atoms with Crippen LogP contribution < -0.4 is 5.32 Å². The molecule has 0 fully saturated rings. The van der Waals surface area contributed by atoms with Gasteiger partial charge in [0.2, 0.25) is 0 Å². The summed E-state index contributed by atoms with van der Waals surface area (Å²) in [5, 5.41) is 22.6. The molecule has 0 aliphatic carbocycles. The van der Waals surface area contributed by atoms with Gasteiger partial charge in [0.25, 0.3) is 5.91 Å². The molecule has 5 nitrogen and oxygen atoms in total. The third-order valence-electron chi connectivity index (χ3n) is 3.99. The Morgan fingerprint density at radius 1 is 1.00 bits per heavy atom. The highest BCUT2D eigenvalue weighted by Gasteiger charge is 2.19. The van der Waals surface area contributed by atoms with Crippen LogP contribution in [0.1, 0.15) is 16.7 Å². The minimum Gasteiger partial charge on any atom is -0.506 e. The average molecular weight is 355 g/mol. The van der Waals surface area contributed by atoms with Crippen LogP contribution in [0.2, 0.25) is 0 Å². The number of amides is 1. The van der Waals surface area contributed by atoms with Crippen molar-refractivity contribution < 1.29 is 9.90 Å². The number of hydrogen-bond acceptors (Lipinski definition) is 4. The van der Waals surface area contributed by atoms with Gasteiger partial charge in [-0.3, -0.25) is 4.79 Å². The van der Waals surface area contributed by atoms with Crippen LogP contribution in [-0.4, -0.2) is 16.0 Å². The van der Waals surface area contributed by atoms with Crippen LogP contribution in [0.15, 0.2) is 84.6 Å². The van der Waals surface area contributed by atoms with Gasteiger partial charge >= 0.3 is 0 Å². The first-order valence-electron chi connectivity index (χ1n) is 8.37. The summed E-state index contributed by atoms with van der Waals surface area (Å²) in [5.74, 6) is -0.749. The largest absolute Gasteiger partial charge is 0.506 e. The van der Waals surface area contributed by atoms with Gasteiger partial charge in [0.15, 0.2) is 5.57 Å². The fraction of sp³-hybridized carbons (Fsp3) is 0.0455. The van der Waals surface area contributed by atoms with Gasteiger partial charge in [-0.1, -0.05) is 60.7 Å². The lowest BCUT2D eigenvalue weighted by molar-refractivity contribution is -0.112. The summed E-state index contributed by atoms with van der Waals surface area (Å²) in [6.07, 6.45) is 2.10. The van der Waals surface area contributed by atoms with Gasteiger partial charge in [-0.2, -0.15) is 5.26 Å². The second-order valence-electron chi connectivity index (χ2n) is 5.82.